The Morgan fingerprint density at radius 1 is 1.56 bits per heavy atom. The molecule has 1 aromatic heterocycles. The molecule has 2 unspecified atom stereocenters. The van der Waals surface area contributed by atoms with Crippen molar-refractivity contribution in [2.24, 2.45) is 5.92 Å². The van der Waals surface area contributed by atoms with Crippen LogP contribution in [0.25, 0.3) is 0 Å². The molecule has 2 fully saturated rings. The highest BCUT2D eigenvalue weighted by molar-refractivity contribution is 7.07. The van der Waals surface area contributed by atoms with Gasteiger partial charge in [-0.3, -0.25) is 10.1 Å². The molecular weight excluding hydrogens is 244 g/mol. The third-order valence-electron chi connectivity index (χ3n) is 4.22. The predicted molar refractivity (Wildman–Crippen MR) is 73.3 cm³/mol. The molecule has 4 heteroatoms. The van der Waals surface area contributed by atoms with Gasteiger partial charge in [0, 0.05) is 6.54 Å². The van der Waals surface area contributed by atoms with Crippen LogP contribution < -0.4 is 5.32 Å². The zero-order valence-electron chi connectivity index (χ0n) is 11.0. The van der Waals surface area contributed by atoms with E-state index in [1.807, 2.05) is 6.92 Å². The number of nitrogens with zero attached hydrogens (tertiary/aromatic N) is 1. The van der Waals surface area contributed by atoms with Crippen molar-refractivity contribution < 1.29 is 4.79 Å². The Labute approximate surface area is 112 Å². The Bertz CT molecular complexity index is 441. The van der Waals surface area contributed by atoms with Gasteiger partial charge in [0.2, 0.25) is 5.91 Å². The number of hydrogen-bond donors (Lipinski definition) is 1. The quantitative estimate of drug-likeness (QED) is 0.907. The third kappa shape index (κ3) is 1.97. The molecule has 2 atom stereocenters. The summed E-state index contributed by atoms with van der Waals surface area (Å²) in [5.41, 5.74) is 0.841. The van der Waals surface area contributed by atoms with Gasteiger partial charge in [-0.25, -0.2) is 0 Å². The minimum absolute atomic E-state index is 0.0781. The van der Waals surface area contributed by atoms with E-state index in [2.05, 4.69) is 34.0 Å². The molecule has 0 radical (unpaired) electrons. The van der Waals surface area contributed by atoms with Crippen LogP contribution in [0, 0.1) is 5.92 Å². The minimum Gasteiger partial charge on any atom is -0.321 e. The normalized spacial score (nSPS) is 32.2. The monoisotopic (exact) mass is 264 g/mol. The largest absolute Gasteiger partial charge is 0.321 e. The highest BCUT2D eigenvalue weighted by Gasteiger charge is 2.48. The maximum absolute atomic E-state index is 12.6. The van der Waals surface area contributed by atoms with Crippen LogP contribution in [0.4, 0.5) is 0 Å². The topological polar surface area (TPSA) is 32.3 Å². The number of thiophene rings is 1. The molecule has 2 heterocycles. The van der Waals surface area contributed by atoms with Crippen LogP contribution in [-0.4, -0.2) is 22.9 Å². The summed E-state index contributed by atoms with van der Waals surface area (Å²) in [5.74, 6) is 1.00. The van der Waals surface area contributed by atoms with Crippen molar-refractivity contribution in [3.8, 4) is 0 Å². The van der Waals surface area contributed by atoms with Gasteiger partial charge in [0.25, 0.3) is 0 Å². The lowest BCUT2D eigenvalue weighted by atomic mass is 9.99. The fourth-order valence-corrected chi connectivity index (χ4v) is 3.27. The van der Waals surface area contributed by atoms with Gasteiger partial charge in [-0.2, -0.15) is 11.3 Å². The lowest BCUT2D eigenvalue weighted by Gasteiger charge is -2.23. The van der Waals surface area contributed by atoms with Crippen molar-refractivity contribution in [3.05, 3.63) is 22.4 Å². The van der Waals surface area contributed by atoms with Gasteiger partial charge in [0.1, 0.15) is 6.17 Å². The molecule has 1 saturated carbocycles. The maximum atomic E-state index is 12.6. The van der Waals surface area contributed by atoms with Crippen LogP contribution in [0.3, 0.4) is 0 Å². The van der Waals surface area contributed by atoms with E-state index in [0.29, 0.717) is 0 Å². The minimum atomic E-state index is -0.387. The van der Waals surface area contributed by atoms with Crippen molar-refractivity contribution in [2.45, 2.75) is 44.8 Å². The third-order valence-corrected chi connectivity index (χ3v) is 4.92. The van der Waals surface area contributed by atoms with Crippen LogP contribution in [0.5, 0.6) is 0 Å². The molecule has 1 aliphatic carbocycles. The van der Waals surface area contributed by atoms with Gasteiger partial charge in [-0.1, -0.05) is 6.92 Å². The second-order valence-electron chi connectivity index (χ2n) is 5.69. The van der Waals surface area contributed by atoms with E-state index >= 15 is 0 Å². The first-order valence-corrected chi connectivity index (χ1v) is 7.69. The first-order valence-electron chi connectivity index (χ1n) is 6.75. The number of amides is 1. The summed E-state index contributed by atoms with van der Waals surface area (Å²) in [7, 11) is 0. The average Bonchev–Trinajstić information content (AvgIpc) is 2.95. The van der Waals surface area contributed by atoms with Crippen molar-refractivity contribution >= 4 is 17.2 Å². The van der Waals surface area contributed by atoms with E-state index in [4.69, 9.17) is 0 Å². The molecule has 1 amide bonds. The number of rotatable bonds is 4. The summed E-state index contributed by atoms with van der Waals surface area (Å²) < 4.78 is 0. The molecule has 3 rings (SSSR count). The molecule has 1 saturated heterocycles. The van der Waals surface area contributed by atoms with Crippen LogP contribution >= 0.6 is 11.3 Å². The van der Waals surface area contributed by atoms with Crippen molar-refractivity contribution in [2.75, 3.05) is 6.54 Å². The molecule has 0 spiro atoms. The van der Waals surface area contributed by atoms with Crippen LogP contribution in [0.15, 0.2) is 16.8 Å². The Kier molecular flexibility index (Phi) is 2.94. The van der Waals surface area contributed by atoms with E-state index in [-0.39, 0.29) is 17.6 Å². The highest BCUT2D eigenvalue weighted by atomic mass is 32.1. The zero-order valence-corrected chi connectivity index (χ0v) is 11.8. The Balaban J connectivity index is 1.88. The molecule has 1 aliphatic heterocycles. The average molecular weight is 264 g/mol. The summed E-state index contributed by atoms with van der Waals surface area (Å²) in [6, 6.07) is 2.12. The second-order valence-corrected chi connectivity index (χ2v) is 6.47. The van der Waals surface area contributed by atoms with Gasteiger partial charge in [0.05, 0.1) is 5.54 Å². The fraction of sp³-hybridized carbons (Fsp3) is 0.643. The van der Waals surface area contributed by atoms with Gasteiger partial charge < -0.3 is 4.90 Å². The first-order chi connectivity index (χ1) is 8.64. The lowest BCUT2D eigenvalue weighted by molar-refractivity contribution is -0.133. The number of carbonyl (C=O) groups is 1. The summed E-state index contributed by atoms with van der Waals surface area (Å²) in [6.45, 7) is 5.03. The Morgan fingerprint density at radius 2 is 2.33 bits per heavy atom. The smallest absolute Gasteiger partial charge is 0.244 e. The molecule has 0 aromatic carbocycles. The Hall–Kier alpha value is -0.870. The summed E-state index contributed by atoms with van der Waals surface area (Å²) in [6.07, 6.45) is 3.48. The molecule has 1 N–H and O–H groups in total. The second kappa shape index (κ2) is 4.35. The van der Waals surface area contributed by atoms with Crippen LogP contribution in [0.2, 0.25) is 0 Å². The highest BCUT2D eigenvalue weighted by Crippen LogP contribution is 2.38. The van der Waals surface area contributed by atoms with E-state index in [1.54, 1.807) is 11.3 Å². The van der Waals surface area contributed by atoms with Crippen molar-refractivity contribution in [3.63, 3.8) is 0 Å². The maximum Gasteiger partial charge on any atom is 0.244 e. The van der Waals surface area contributed by atoms with E-state index in [1.165, 1.54) is 18.4 Å². The molecule has 0 bridgehead atoms. The summed E-state index contributed by atoms with van der Waals surface area (Å²) in [4.78, 5) is 14.7. The summed E-state index contributed by atoms with van der Waals surface area (Å²) >= 11 is 1.69. The van der Waals surface area contributed by atoms with E-state index in [0.717, 1.165) is 18.9 Å². The molecule has 3 nitrogen and oxygen atoms in total. The summed E-state index contributed by atoms with van der Waals surface area (Å²) in [5, 5.41) is 7.76. The Morgan fingerprint density at radius 3 is 2.89 bits per heavy atom. The van der Waals surface area contributed by atoms with Gasteiger partial charge in [-0.05, 0) is 54.5 Å². The number of carbonyl (C=O) groups excluding carboxylic acids is 1. The standard InChI is InChI=1S/C14H20N2OS/c1-3-14(2)13(17)16(8-10-4-5-10)12(15-14)11-6-7-18-9-11/h6-7,9-10,12,15H,3-5,8H2,1-2H3. The molecule has 2 aliphatic rings. The lowest BCUT2D eigenvalue weighted by Crippen LogP contribution is -2.43. The first kappa shape index (κ1) is 12.2. The van der Waals surface area contributed by atoms with Gasteiger partial charge in [0.15, 0.2) is 0 Å². The molecule has 18 heavy (non-hydrogen) atoms. The van der Waals surface area contributed by atoms with Crippen molar-refractivity contribution in [1.82, 2.24) is 10.2 Å². The predicted octanol–water partition coefficient (Wildman–Crippen LogP) is 2.76. The van der Waals surface area contributed by atoms with Crippen LogP contribution in [-0.2, 0) is 4.79 Å². The number of nitrogens with one attached hydrogen (secondary N) is 1. The van der Waals surface area contributed by atoms with Crippen LogP contribution in [0.1, 0.15) is 44.8 Å². The molecule has 98 valence electrons. The zero-order chi connectivity index (χ0) is 12.8. The number of hydrogen-bond acceptors (Lipinski definition) is 3. The SMILES string of the molecule is CCC1(C)NC(c2ccsc2)N(CC2CC2)C1=O. The fourth-order valence-electron chi connectivity index (χ4n) is 2.59. The van der Waals surface area contributed by atoms with E-state index < -0.39 is 0 Å². The molecule has 1 aromatic rings. The van der Waals surface area contributed by atoms with Crippen molar-refractivity contribution in [1.29, 1.82) is 0 Å². The molecular formula is C14H20N2OS. The van der Waals surface area contributed by atoms with E-state index in [9.17, 15) is 4.79 Å². The van der Waals surface area contributed by atoms with Gasteiger partial charge in [-0.15, -0.1) is 0 Å². The van der Waals surface area contributed by atoms with Gasteiger partial charge >= 0.3 is 0 Å².